The molecule has 0 atom stereocenters. The minimum atomic E-state index is -0.738. The first-order valence-corrected chi connectivity index (χ1v) is 6.75. The number of nitrogens with zero attached hydrogens (tertiary/aromatic N) is 1. The largest absolute Gasteiger partial charge is 0.444 e. The van der Waals surface area contributed by atoms with Crippen LogP contribution in [0, 0.1) is 0 Å². The van der Waals surface area contributed by atoms with Gasteiger partial charge in [-0.15, -0.1) is 0 Å². The normalized spacial score (nSPS) is 12.1. The van der Waals surface area contributed by atoms with E-state index in [1.165, 1.54) is 0 Å². The van der Waals surface area contributed by atoms with Crippen LogP contribution in [-0.4, -0.2) is 29.4 Å². The molecule has 0 saturated heterocycles. The van der Waals surface area contributed by atoms with Crippen LogP contribution in [0.4, 0.5) is 4.79 Å². The van der Waals surface area contributed by atoms with Crippen molar-refractivity contribution in [2.45, 2.75) is 52.5 Å². The molecule has 0 bridgehead atoms. The Hall–Kier alpha value is -1.55. The number of benzene rings is 1. The molecule has 1 amide bonds. The molecular weight excluding hydrogens is 254 g/mol. The van der Waals surface area contributed by atoms with Crippen molar-refractivity contribution < 1.29 is 14.3 Å². The second-order valence-electron chi connectivity index (χ2n) is 6.20. The fraction of sp³-hybridized carbons (Fsp3) is 0.562. The second kappa shape index (κ2) is 6.27. The van der Waals surface area contributed by atoms with Crippen molar-refractivity contribution >= 4 is 6.09 Å². The van der Waals surface area contributed by atoms with Crippen LogP contribution < -0.4 is 0 Å². The molecule has 1 aromatic rings. The highest BCUT2D eigenvalue weighted by molar-refractivity contribution is 5.69. The van der Waals surface area contributed by atoms with Crippen molar-refractivity contribution in [2.75, 3.05) is 7.11 Å². The predicted octanol–water partition coefficient (Wildman–Crippen LogP) is 3.81. The van der Waals surface area contributed by atoms with E-state index in [9.17, 15) is 4.79 Å². The Bertz CT molecular complexity index is 435. The summed E-state index contributed by atoms with van der Waals surface area (Å²) in [6, 6.07) is 9.79. The average molecular weight is 279 g/mol. The van der Waals surface area contributed by atoms with Gasteiger partial charge in [0.25, 0.3) is 0 Å². The monoisotopic (exact) mass is 279 g/mol. The number of carbonyl (C=O) groups is 1. The lowest BCUT2D eigenvalue weighted by Crippen LogP contribution is -2.50. The van der Waals surface area contributed by atoms with Crippen LogP contribution >= 0.6 is 0 Å². The summed E-state index contributed by atoms with van der Waals surface area (Å²) >= 11 is 0. The van der Waals surface area contributed by atoms with E-state index in [-0.39, 0.29) is 6.09 Å². The maximum absolute atomic E-state index is 12.4. The molecule has 0 fully saturated rings. The van der Waals surface area contributed by atoms with E-state index >= 15 is 0 Å². The molecular formula is C16H25NO3. The number of rotatable bonds is 4. The highest BCUT2D eigenvalue weighted by atomic mass is 16.6. The van der Waals surface area contributed by atoms with Crippen LogP contribution in [0.25, 0.3) is 0 Å². The van der Waals surface area contributed by atoms with Gasteiger partial charge in [0.05, 0.1) is 6.54 Å². The first-order chi connectivity index (χ1) is 9.15. The predicted molar refractivity (Wildman–Crippen MR) is 79.3 cm³/mol. The molecule has 0 spiro atoms. The zero-order chi connectivity index (χ0) is 15.4. The number of amides is 1. The lowest BCUT2D eigenvalue weighted by Gasteiger charge is -2.38. The summed E-state index contributed by atoms with van der Waals surface area (Å²) in [5.41, 5.74) is -0.239. The molecule has 0 heterocycles. The smallest absolute Gasteiger partial charge is 0.412 e. The van der Waals surface area contributed by atoms with E-state index in [4.69, 9.17) is 9.47 Å². The van der Waals surface area contributed by atoms with Gasteiger partial charge in [-0.25, -0.2) is 4.79 Å². The van der Waals surface area contributed by atoms with Gasteiger partial charge >= 0.3 is 6.09 Å². The maximum atomic E-state index is 12.4. The standard InChI is InChI=1S/C16H25NO3/c1-15(2,3)20-14(18)17(16(4,5)19-6)12-13-10-8-7-9-11-13/h7-11H,12H2,1-6H3. The van der Waals surface area contributed by atoms with Gasteiger partial charge in [-0.2, -0.15) is 0 Å². The van der Waals surface area contributed by atoms with Crippen LogP contribution in [0.15, 0.2) is 30.3 Å². The van der Waals surface area contributed by atoms with Gasteiger partial charge in [-0.1, -0.05) is 30.3 Å². The van der Waals surface area contributed by atoms with Gasteiger partial charge in [-0.3, -0.25) is 4.90 Å². The van der Waals surface area contributed by atoms with Gasteiger partial charge in [0.2, 0.25) is 0 Å². The lowest BCUT2D eigenvalue weighted by molar-refractivity contribution is -0.111. The van der Waals surface area contributed by atoms with Crippen LogP contribution in [-0.2, 0) is 16.0 Å². The van der Waals surface area contributed by atoms with Crippen molar-refractivity contribution in [3.63, 3.8) is 0 Å². The van der Waals surface area contributed by atoms with E-state index in [0.717, 1.165) is 5.56 Å². The van der Waals surface area contributed by atoms with Crippen molar-refractivity contribution in [1.82, 2.24) is 4.90 Å². The fourth-order valence-corrected chi connectivity index (χ4v) is 1.67. The van der Waals surface area contributed by atoms with Crippen molar-refractivity contribution in [2.24, 2.45) is 0 Å². The van der Waals surface area contributed by atoms with E-state index in [1.54, 1.807) is 12.0 Å². The highest BCUT2D eigenvalue weighted by Gasteiger charge is 2.34. The fourth-order valence-electron chi connectivity index (χ4n) is 1.67. The van der Waals surface area contributed by atoms with E-state index in [1.807, 2.05) is 65.0 Å². The number of methoxy groups -OCH3 is 1. The molecule has 0 radical (unpaired) electrons. The molecule has 0 aliphatic carbocycles. The molecule has 0 N–H and O–H groups in total. The molecule has 1 aromatic carbocycles. The minimum Gasteiger partial charge on any atom is -0.444 e. The molecule has 0 saturated carbocycles. The summed E-state index contributed by atoms with van der Waals surface area (Å²) < 4.78 is 10.9. The summed E-state index contributed by atoms with van der Waals surface area (Å²) in [5, 5.41) is 0. The summed E-state index contributed by atoms with van der Waals surface area (Å²) in [4.78, 5) is 14.0. The number of ether oxygens (including phenoxy) is 2. The Morgan fingerprint density at radius 2 is 1.65 bits per heavy atom. The topological polar surface area (TPSA) is 38.8 Å². The Morgan fingerprint density at radius 1 is 1.10 bits per heavy atom. The Morgan fingerprint density at radius 3 is 2.10 bits per heavy atom. The van der Waals surface area contributed by atoms with Gasteiger partial charge in [0.1, 0.15) is 11.3 Å². The van der Waals surface area contributed by atoms with Gasteiger partial charge in [0.15, 0.2) is 0 Å². The third-order valence-electron chi connectivity index (χ3n) is 2.95. The molecule has 0 aliphatic heterocycles. The first-order valence-electron chi connectivity index (χ1n) is 6.75. The first kappa shape index (κ1) is 16.5. The summed E-state index contributed by atoms with van der Waals surface area (Å²) in [6.45, 7) is 9.69. The van der Waals surface area contributed by atoms with Crippen LogP contribution in [0.1, 0.15) is 40.2 Å². The third-order valence-corrected chi connectivity index (χ3v) is 2.95. The Kier molecular flexibility index (Phi) is 5.17. The van der Waals surface area contributed by atoms with E-state index in [2.05, 4.69) is 0 Å². The zero-order valence-corrected chi connectivity index (χ0v) is 13.3. The van der Waals surface area contributed by atoms with Crippen molar-refractivity contribution in [1.29, 1.82) is 0 Å². The van der Waals surface area contributed by atoms with Crippen LogP contribution in [0.3, 0.4) is 0 Å². The maximum Gasteiger partial charge on any atom is 0.412 e. The van der Waals surface area contributed by atoms with E-state index < -0.39 is 11.3 Å². The summed E-state index contributed by atoms with van der Waals surface area (Å²) in [5.74, 6) is 0. The molecule has 112 valence electrons. The molecule has 0 aliphatic rings. The van der Waals surface area contributed by atoms with Crippen molar-refractivity contribution in [3.8, 4) is 0 Å². The van der Waals surface area contributed by atoms with Crippen LogP contribution in [0.2, 0.25) is 0 Å². The van der Waals surface area contributed by atoms with Gasteiger partial charge in [-0.05, 0) is 40.2 Å². The SMILES string of the molecule is COC(C)(C)N(Cc1ccccc1)C(=O)OC(C)(C)C. The van der Waals surface area contributed by atoms with E-state index in [0.29, 0.717) is 6.54 Å². The van der Waals surface area contributed by atoms with Gasteiger partial charge in [0, 0.05) is 7.11 Å². The summed E-state index contributed by atoms with van der Waals surface area (Å²) in [6.07, 6.45) is -0.381. The quantitative estimate of drug-likeness (QED) is 0.787. The molecule has 4 nitrogen and oxygen atoms in total. The lowest BCUT2D eigenvalue weighted by atomic mass is 10.1. The highest BCUT2D eigenvalue weighted by Crippen LogP contribution is 2.22. The minimum absolute atomic E-state index is 0.381. The number of hydrogen-bond acceptors (Lipinski definition) is 3. The van der Waals surface area contributed by atoms with Crippen molar-refractivity contribution in [3.05, 3.63) is 35.9 Å². The molecule has 0 unspecified atom stereocenters. The van der Waals surface area contributed by atoms with Gasteiger partial charge < -0.3 is 9.47 Å². The average Bonchev–Trinajstić information content (AvgIpc) is 2.35. The summed E-state index contributed by atoms with van der Waals surface area (Å²) in [7, 11) is 1.59. The molecule has 0 aromatic heterocycles. The van der Waals surface area contributed by atoms with Crippen LogP contribution in [0.5, 0.6) is 0 Å². The Balaban J connectivity index is 2.95. The number of hydrogen-bond donors (Lipinski definition) is 0. The molecule has 20 heavy (non-hydrogen) atoms. The number of carbonyl (C=O) groups excluding carboxylic acids is 1. The second-order valence-corrected chi connectivity index (χ2v) is 6.20. The molecule has 1 rings (SSSR count). The Labute approximate surface area is 121 Å². The zero-order valence-electron chi connectivity index (χ0n) is 13.3. The molecule has 4 heteroatoms. The third kappa shape index (κ3) is 4.85.